The van der Waals surface area contributed by atoms with E-state index in [9.17, 15) is 15.0 Å². The minimum absolute atomic E-state index is 0.0438. The number of hydrogen-bond acceptors (Lipinski definition) is 6. The molecule has 0 heterocycles. The molecule has 6 heteroatoms. The molecule has 0 fully saturated rings. The quantitative estimate of drug-likeness (QED) is 0.261. The van der Waals surface area contributed by atoms with Gasteiger partial charge in [0.25, 0.3) is 0 Å². The number of aliphatic hydroxyl groups excluding tert-OH is 2. The number of nitrogens with zero attached hydrogens (tertiary/aromatic N) is 1. The lowest BCUT2D eigenvalue weighted by atomic mass is 10.00. The predicted octanol–water partition coefficient (Wildman–Crippen LogP) is 4.67. The lowest BCUT2D eigenvalue weighted by Gasteiger charge is -2.33. The Labute approximate surface area is 219 Å². The number of benzene rings is 3. The van der Waals surface area contributed by atoms with Crippen LogP contribution in [0.4, 0.5) is 0 Å². The van der Waals surface area contributed by atoms with Crippen molar-refractivity contribution < 1.29 is 24.5 Å². The monoisotopic (exact) mass is 503 g/mol. The van der Waals surface area contributed by atoms with Crippen molar-refractivity contribution in [1.82, 2.24) is 4.90 Å². The van der Waals surface area contributed by atoms with Crippen molar-refractivity contribution in [2.24, 2.45) is 0 Å². The van der Waals surface area contributed by atoms with Gasteiger partial charge in [-0.1, -0.05) is 72.8 Å². The van der Waals surface area contributed by atoms with Crippen molar-refractivity contribution in [3.63, 3.8) is 0 Å². The Morgan fingerprint density at radius 1 is 0.919 bits per heavy atom. The first-order valence-corrected chi connectivity index (χ1v) is 12.5. The predicted molar refractivity (Wildman–Crippen MR) is 146 cm³/mol. The lowest BCUT2D eigenvalue weighted by molar-refractivity contribution is -0.134. The third-order valence-corrected chi connectivity index (χ3v) is 6.32. The fraction of sp³-hybridized carbons (Fsp3) is 0.323. The Kier molecular flexibility index (Phi) is 10.9. The Hall–Kier alpha value is -3.45. The van der Waals surface area contributed by atoms with Crippen LogP contribution in [0.15, 0.2) is 91.0 Å². The van der Waals surface area contributed by atoms with Gasteiger partial charge in [-0.05, 0) is 54.7 Å². The maximum atomic E-state index is 11.5. The minimum atomic E-state index is -0.723. The summed E-state index contributed by atoms with van der Waals surface area (Å²) in [6, 6.07) is 27.1. The normalized spacial score (nSPS) is 14.2. The highest BCUT2D eigenvalue weighted by molar-refractivity contribution is 5.90. The number of ether oxygens (including phenoxy) is 2. The molecule has 0 amide bonds. The van der Waals surface area contributed by atoms with Gasteiger partial charge in [-0.3, -0.25) is 4.90 Å². The summed E-state index contributed by atoms with van der Waals surface area (Å²) < 4.78 is 10.5. The standard InChI is InChI=1S/C31H37NO5/c1-23(18-31(35)36-3)26-16-14-25(15-17-26)19-24(2)32(21-30(34)27-10-6-4-7-11-27)20-28(33)22-37-29-12-8-5-9-13-29/h4-18,24,28,30,33-34H,19-22H2,1-3H3/b23-18+/t24-,28+,30-/m1/s1. The summed E-state index contributed by atoms with van der Waals surface area (Å²) in [4.78, 5) is 13.6. The number of hydrogen-bond donors (Lipinski definition) is 2. The highest BCUT2D eigenvalue weighted by Crippen LogP contribution is 2.20. The topological polar surface area (TPSA) is 79.2 Å². The Morgan fingerprint density at radius 2 is 1.54 bits per heavy atom. The van der Waals surface area contributed by atoms with Gasteiger partial charge in [-0.25, -0.2) is 4.79 Å². The molecule has 0 aliphatic carbocycles. The van der Waals surface area contributed by atoms with Crippen LogP contribution in [0.25, 0.3) is 5.57 Å². The third kappa shape index (κ3) is 9.17. The van der Waals surface area contributed by atoms with E-state index < -0.39 is 12.2 Å². The Morgan fingerprint density at radius 3 is 2.16 bits per heavy atom. The van der Waals surface area contributed by atoms with E-state index in [1.807, 2.05) is 91.9 Å². The fourth-order valence-corrected chi connectivity index (χ4v) is 4.16. The van der Waals surface area contributed by atoms with Crippen molar-refractivity contribution in [3.05, 3.63) is 108 Å². The molecule has 0 aliphatic heterocycles. The van der Waals surface area contributed by atoms with E-state index in [2.05, 4.69) is 11.8 Å². The summed E-state index contributed by atoms with van der Waals surface area (Å²) in [7, 11) is 1.36. The van der Waals surface area contributed by atoms with Gasteiger partial charge in [-0.15, -0.1) is 0 Å². The van der Waals surface area contributed by atoms with Crippen molar-refractivity contribution in [2.75, 3.05) is 26.8 Å². The third-order valence-electron chi connectivity index (χ3n) is 6.32. The molecule has 0 bridgehead atoms. The number of esters is 1. The zero-order valence-electron chi connectivity index (χ0n) is 21.8. The number of allylic oxidation sites excluding steroid dienone is 1. The second-order valence-electron chi connectivity index (χ2n) is 9.26. The molecule has 0 spiro atoms. The van der Waals surface area contributed by atoms with Gasteiger partial charge in [-0.2, -0.15) is 0 Å². The van der Waals surface area contributed by atoms with Gasteiger partial charge in [0.2, 0.25) is 0 Å². The lowest BCUT2D eigenvalue weighted by Crippen LogP contribution is -2.44. The Bertz CT molecular complexity index is 1120. The maximum absolute atomic E-state index is 11.5. The summed E-state index contributed by atoms with van der Waals surface area (Å²) in [5, 5.41) is 21.7. The molecule has 2 N–H and O–H groups in total. The van der Waals surface area contributed by atoms with Crippen molar-refractivity contribution in [3.8, 4) is 5.75 Å². The van der Waals surface area contributed by atoms with Crippen molar-refractivity contribution >= 4 is 11.5 Å². The smallest absolute Gasteiger partial charge is 0.330 e. The molecule has 3 aromatic carbocycles. The summed E-state index contributed by atoms with van der Waals surface area (Å²) in [6.07, 6.45) is 0.801. The Balaban J connectivity index is 1.68. The van der Waals surface area contributed by atoms with Gasteiger partial charge in [0, 0.05) is 25.2 Å². The zero-order chi connectivity index (χ0) is 26.6. The number of rotatable bonds is 13. The van der Waals surface area contributed by atoms with Crippen LogP contribution in [-0.2, 0) is 16.0 Å². The second-order valence-corrected chi connectivity index (χ2v) is 9.26. The van der Waals surface area contributed by atoms with E-state index in [4.69, 9.17) is 9.47 Å². The minimum Gasteiger partial charge on any atom is -0.491 e. The van der Waals surface area contributed by atoms with Crippen LogP contribution in [-0.4, -0.2) is 60.0 Å². The largest absolute Gasteiger partial charge is 0.491 e. The maximum Gasteiger partial charge on any atom is 0.330 e. The van der Waals surface area contributed by atoms with Gasteiger partial charge in [0.05, 0.1) is 13.2 Å². The van der Waals surface area contributed by atoms with Crippen LogP contribution >= 0.6 is 0 Å². The number of aliphatic hydroxyl groups is 2. The summed E-state index contributed by atoms with van der Waals surface area (Å²) in [5.74, 6) is 0.333. The highest BCUT2D eigenvalue weighted by atomic mass is 16.5. The van der Waals surface area contributed by atoms with E-state index in [0.29, 0.717) is 18.8 Å². The molecule has 6 nitrogen and oxygen atoms in total. The van der Waals surface area contributed by atoms with Gasteiger partial charge < -0.3 is 19.7 Å². The number of carbonyl (C=O) groups is 1. The molecule has 196 valence electrons. The van der Waals surface area contributed by atoms with E-state index in [0.717, 1.165) is 28.7 Å². The van der Waals surface area contributed by atoms with Crippen LogP contribution in [0, 0.1) is 0 Å². The van der Waals surface area contributed by atoms with E-state index in [1.54, 1.807) is 0 Å². The molecule has 0 aromatic heterocycles. The van der Waals surface area contributed by atoms with Crippen LogP contribution in [0.1, 0.15) is 36.6 Å². The van der Waals surface area contributed by atoms with E-state index in [1.165, 1.54) is 13.2 Å². The molecule has 3 rings (SSSR count). The second kappa shape index (κ2) is 14.3. The van der Waals surface area contributed by atoms with Gasteiger partial charge in [0.15, 0.2) is 0 Å². The molecule has 0 aliphatic rings. The van der Waals surface area contributed by atoms with Gasteiger partial charge >= 0.3 is 5.97 Å². The fourth-order valence-electron chi connectivity index (χ4n) is 4.16. The van der Waals surface area contributed by atoms with Crippen LogP contribution < -0.4 is 4.74 Å². The summed E-state index contributed by atoms with van der Waals surface area (Å²) >= 11 is 0. The SMILES string of the molecule is COC(=O)/C=C(\C)c1ccc(C[C@@H](C)N(C[C@H](O)COc2ccccc2)C[C@@H](O)c2ccccc2)cc1. The first-order chi connectivity index (χ1) is 17.9. The molecule has 3 atom stereocenters. The number of para-hydroxylation sites is 1. The van der Waals surface area contributed by atoms with Crippen molar-refractivity contribution in [2.45, 2.75) is 38.5 Å². The average molecular weight is 504 g/mol. The van der Waals surface area contributed by atoms with E-state index >= 15 is 0 Å². The average Bonchev–Trinajstić information content (AvgIpc) is 2.92. The zero-order valence-corrected chi connectivity index (χ0v) is 21.8. The summed E-state index contributed by atoms with van der Waals surface area (Å²) in [5.41, 5.74) is 3.75. The molecule has 0 saturated heterocycles. The van der Waals surface area contributed by atoms with Gasteiger partial charge in [0.1, 0.15) is 18.5 Å². The highest BCUT2D eigenvalue weighted by Gasteiger charge is 2.22. The molecule has 0 saturated carbocycles. The van der Waals surface area contributed by atoms with Crippen LogP contribution in [0.2, 0.25) is 0 Å². The summed E-state index contributed by atoms with van der Waals surface area (Å²) in [6.45, 7) is 4.87. The number of methoxy groups -OCH3 is 1. The van der Waals surface area contributed by atoms with E-state index in [-0.39, 0.29) is 18.6 Å². The molecule has 37 heavy (non-hydrogen) atoms. The number of carbonyl (C=O) groups excluding carboxylic acids is 1. The molecule has 3 aromatic rings. The molecule has 0 radical (unpaired) electrons. The van der Waals surface area contributed by atoms with Crippen molar-refractivity contribution in [1.29, 1.82) is 0 Å². The first-order valence-electron chi connectivity index (χ1n) is 12.5. The molecule has 0 unspecified atom stereocenters. The van der Waals surface area contributed by atoms with Crippen LogP contribution in [0.5, 0.6) is 5.75 Å². The first kappa shape index (κ1) is 28.1. The molecular weight excluding hydrogens is 466 g/mol. The molecular formula is C31H37NO5. The van der Waals surface area contributed by atoms with Crippen LogP contribution in [0.3, 0.4) is 0 Å².